The van der Waals surface area contributed by atoms with E-state index in [9.17, 15) is 9.59 Å². The molecule has 1 aromatic rings. The first-order chi connectivity index (χ1) is 11.0. The molecule has 124 valence electrons. The Hall–Kier alpha value is -1.69. The van der Waals surface area contributed by atoms with E-state index >= 15 is 0 Å². The summed E-state index contributed by atoms with van der Waals surface area (Å²) in [5.41, 5.74) is 2.64. The first kappa shape index (κ1) is 16.2. The van der Waals surface area contributed by atoms with Gasteiger partial charge in [0, 0.05) is 31.1 Å². The lowest BCUT2D eigenvalue weighted by Crippen LogP contribution is -2.57. The molecule has 0 bridgehead atoms. The number of anilines is 1. The van der Waals surface area contributed by atoms with E-state index in [1.807, 2.05) is 19.9 Å². The van der Waals surface area contributed by atoms with E-state index in [1.165, 1.54) is 23.0 Å². The summed E-state index contributed by atoms with van der Waals surface area (Å²) in [6.45, 7) is 6.15. The summed E-state index contributed by atoms with van der Waals surface area (Å²) in [6, 6.07) is 7.97. The Morgan fingerprint density at radius 1 is 1.43 bits per heavy atom. The Morgan fingerprint density at radius 2 is 2.22 bits per heavy atom. The lowest BCUT2D eigenvalue weighted by molar-refractivity contribution is -0.129. The lowest BCUT2D eigenvalue weighted by atomic mass is 10.1. The highest BCUT2D eigenvalue weighted by molar-refractivity contribution is 8.01. The Kier molecular flexibility index (Phi) is 4.53. The van der Waals surface area contributed by atoms with Crippen molar-refractivity contribution in [1.82, 2.24) is 10.6 Å². The Balaban J connectivity index is 1.47. The predicted octanol–water partition coefficient (Wildman–Crippen LogP) is 1.18. The third-order valence-electron chi connectivity index (χ3n) is 4.44. The van der Waals surface area contributed by atoms with E-state index in [0.29, 0.717) is 12.3 Å². The molecule has 0 aliphatic carbocycles. The maximum atomic E-state index is 12.2. The smallest absolute Gasteiger partial charge is 0.243 e. The normalized spacial score (nSPS) is 22.4. The molecule has 1 atom stereocenters. The molecule has 2 heterocycles. The molecule has 0 spiro atoms. The van der Waals surface area contributed by atoms with Crippen molar-refractivity contribution in [1.29, 1.82) is 0 Å². The van der Waals surface area contributed by atoms with Crippen LogP contribution in [0, 0.1) is 0 Å². The van der Waals surface area contributed by atoms with Gasteiger partial charge in [0.1, 0.15) is 6.04 Å². The van der Waals surface area contributed by atoms with Gasteiger partial charge >= 0.3 is 0 Å². The molecule has 3 rings (SSSR count). The summed E-state index contributed by atoms with van der Waals surface area (Å²) in [5, 5.41) is 5.76. The van der Waals surface area contributed by atoms with Crippen LogP contribution >= 0.6 is 11.8 Å². The van der Waals surface area contributed by atoms with E-state index in [2.05, 4.69) is 33.7 Å². The molecule has 5 nitrogen and oxygen atoms in total. The van der Waals surface area contributed by atoms with E-state index in [4.69, 9.17) is 0 Å². The van der Waals surface area contributed by atoms with Gasteiger partial charge in [-0.25, -0.2) is 0 Å². The third kappa shape index (κ3) is 3.47. The molecule has 1 saturated heterocycles. The maximum absolute atomic E-state index is 12.2. The predicted molar refractivity (Wildman–Crippen MR) is 93.8 cm³/mol. The molecule has 0 aromatic heterocycles. The molecule has 23 heavy (non-hydrogen) atoms. The van der Waals surface area contributed by atoms with Crippen LogP contribution in [0.25, 0.3) is 0 Å². The first-order valence-corrected chi connectivity index (χ1v) is 9.01. The van der Waals surface area contributed by atoms with Gasteiger partial charge in [0.2, 0.25) is 11.8 Å². The molecule has 2 aliphatic heterocycles. The maximum Gasteiger partial charge on any atom is 0.243 e. The molecule has 1 fully saturated rings. The lowest BCUT2D eigenvalue weighted by Gasteiger charge is -2.33. The number of hydrogen-bond donors (Lipinski definition) is 2. The zero-order chi connectivity index (χ0) is 16.4. The van der Waals surface area contributed by atoms with E-state index in [1.54, 1.807) is 0 Å². The fourth-order valence-corrected chi connectivity index (χ4v) is 3.96. The van der Waals surface area contributed by atoms with Gasteiger partial charge in [0.15, 0.2) is 0 Å². The van der Waals surface area contributed by atoms with Crippen molar-refractivity contribution < 1.29 is 9.59 Å². The highest BCUT2D eigenvalue weighted by Gasteiger charge is 2.37. The number of rotatable bonds is 4. The number of carbonyl (C=O) groups excluding carboxylic acids is 2. The quantitative estimate of drug-likeness (QED) is 0.868. The molecule has 0 unspecified atom stereocenters. The summed E-state index contributed by atoms with van der Waals surface area (Å²) in [6.07, 6.45) is 1.06. The fraction of sp³-hybridized carbons (Fsp3) is 0.529. The fourth-order valence-electron chi connectivity index (χ4n) is 2.95. The third-order valence-corrected chi connectivity index (χ3v) is 5.85. The highest BCUT2D eigenvalue weighted by atomic mass is 32.2. The first-order valence-electron chi connectivity index (χ1n) is 8.03. The van der Waals surface area contributed by atoms with Gasteiger partial charge in [-0.3, -0.25) is 9.59 Å². The number of para-hydroxylation sites is 1. The summed E-state index contributed by atoms with van der Waals surface area (Å²) < 4.78 is -0.448. The molecule has 2 N–H and O–H groups in total. The van der Waals surface area contributed by atoms with Gasteiger partial charge in [-0.1, -0.05) is 18.2 Å². The summed E-state index contributed by atoms with van der Waals surface area (Å²) in [7, 11) is 0. The average molecular weight is 333 g/mol. The average Bonchev–Trinajstić information content (AvgIpc) is 2.93. The van der Waals surface area contributed by atoms with Crippen LogP contribution in [0.15, 0.2) is 24.3 Å². The second-order valence-corrected chi connectivity index (χ2v) is 8.15. The van der Waals surface area contributed by atoms with Crippen LogP contribution in [-0.4, -0.2) is 48.0 Å². The Bertz CT molecular complexity index is 618. The van der Waals surface area contributed by atoms with Crippen LogP contribution in [0.1, 0.15) is 19.4 Å². The number of benzene rings is 1. The van der Waals surface area contributed by atoms with Crippen molar-refractivity contribution in [3.63, 3.8) is 0 Å². The van der Waals surface area contributed by atoms with Crippen LogP contribution in [-0.2, 0) is 16.0 Å². The van der Waals surface area contributed by atoms with Crippen LogP contribution < -0.4 is 15.5 Å². The minimum absolute atomic E-state index is 0.0672. The van der Waals surface area contributed by atoms with Gasteiger partial charge in [-0.2, -0.15) is 0 Å². The summed E-state index contributed by atoms with van der Waals surface area (Å²) in [5.74, 6) is 0.466. The van der Waals surface area contributed by atoms with Crippen LogP contribution in [0.5, 0.6) is 0 Å². The number of thioether (sulfide) groups is 1. The molecule has 2 amide bonds. The number of carbonyl (C=O) groups is 2. The molecule has 0 saturated carbocycles. The van der Waals surface area contributed by atoms with Crippen molar-refractivity contribution in [3.8, 4) is 0 Å². The molecular formula is C17H23N3O2S. The molecular weight excluding hydrogens is 310 g/mol. The molecule has 6 heteroatoms. The van der Waals surface area contributed by atoms with Crippen molar-refractivity contribution in [2.75, 3.05) is 30.3 Å². The molecule has 0 radical (unpaired) electrons. The Labute approximate surface area is 141 Å². The SMILES string of the molecule is CC1(C)SC[C@@H](C(=O)NCCN2CCc3ccccc32)NC1=O. The van der Waals surface area contributed by atoms with Crippen molar-refractivity contribution in [3.05, 3.63) is 29.8 Å². The minimum Gasteiger partial charge on any atom is -0.369 e. The number of nitrogens with zero attached hydrogens (tertiary/aromatic N) is 1. The van der Waals surface area contributed by atoms with Crippen molar-refractivity contribution in [2.45, 2.75) is 31.1 Å². The monoisotopic (exact) mass is 333 g/mol. The van der Waals surface area contributed by atoms with E-state index in [-0.39, 0.29) is 11.8 Å². The van der Waals surface area contributed by atoms with Gasteiger partial charge in [-0.15, -0.1) is 11.8 Å². The van der Waals surface area contributed by atoms with Crippen LogP contribution in [0.2, 0.25) is 0 Å². The standard InChI is InChI=1S/C17H23N3O2S/c1-17(2)16(22)19-13(11-23-17)15(21)18-8-10-20-9-7-12-5-3-4-6-14(12)20/h3-6,13H,7-11H2,1-2H3,(H,18,21)(H,19,22)/t13-/m0/s1. The molecule has 1 aromatic carbocycles. The number of fused-ring (bicyclic) bond motifs is 1. The van der Waals surface area contributed by atoms with Gasteiger partial charge < -0.3 is 15.5 Å². The van der Waals surface area contributed by atoms with Crippen LogP contribution in [0.3, 0.4) is 0 Å². The topological polar surface area (TPSA) is 61.4 Å². The zero-order valence-corrected chi connectivity index (χ0v) is 14.4. The van der Waals surface area contributed by atoms with E-state index < -0.39 is 10.8 Å². The highest BCUT2D eigenvalue weighted by Crippen LogP contribution is 2.29. The van der Waals surface area contributed by atoms with Gasteiger partial charge in [0.25, 0.3) is 0 Å². The number of hydrogen-bond acceptors (Lipinski definition) is 4. The number of amides is 2. The van der Waals surface area contributed by atoms with Crippen LogP contribution in [0.4, 0.5) is 5.69 Å². The second kappa shape index (κ2) is 6.43. The molecule has 2 aliphatic rings. The second-order valence-electron chi connectivity index (χ2n) is 6.50. The minimum atomic E-state index is -0.448. The van der Waals surface area contributed by atoms with Gasteiger partial charge in [0.05, 0.1) is 4.75 Å². The van der Waals surface area contributed by atoms with Crippen molar-refractivity contribution in [2.24, 2.45) is 0 Å². The van der Waals surface area contributed by atoms with E-state index in [0.717, 1.165) is 19.5 Å². The largest absolute Gasteiger partial charge is 0.369 e. The zero-order valence-electron chi connectivity index (χ0n) is 13.6. The summed E-state index contributed by atoms with van der Waals surface area (Å²) in [4.78, 5) is 26.4. The van der Waals surface area contributed by atoms with Gasteiger partial charge in [-0.05, 0) is 31.9 Å². The van der Waals surface area contributed by atoms with Crippen molar-refractivity contribution >= 4 is 29.3 Å². The Morgan fingerprint density at radius 3 is 3.00 bits per heavy atom. The number of nitrogens with one attached hydrogen (secondary N) is 2. The summed E-state index contributed by atoms with van der Waals surface area (Å²) >= 11 is 1.53.